The van der Waals surface area contributed by atoms with E-state index in [1.165, 1.54) is 0 Å². The maximum Gasteiger partial charge on any atom is 0.152 e. The molecule has 0 aromatic rings. The molecule has 0 aromatic heterocycles. The number of halogens is 2. The van der Waals surface area contributed by atoms with Crippen molar-refractivity contribution in [3.8, 4) is 0 Å². The maximum absolute atomic E-state index is 11.1. The van der Waals surface area contributed by atoms with Crippen LogP contribution in [0.3, 0.4) is 0 Å². The van der Waals surface area contributed by atoms with Crippen LogP contribution in [0.25, 0.3) is 0 Å². The van der Waals surface area contributed by atoms with E-state index in [4.69, 9.17) is 11.6 Å². The van der Waals surface area contributed by atoms with Gasteiger partial charge in [0.05, 0.1) is 4.83 Å². The minimum Gasteiger partial charge on any atom is -0.298 e. The van der Waals surface area contributed by atoms with Gasteiger partial charge in [-0.1, -0.05) is 29.8 Å². The Labute approximate surface area is 74.3 Å². The minimum atomic E-state index is -0.198. The summed E-state index contributed by atoms with van der Waals surface area (Å²) in [4.78, 5) is 11.1. The Kier molecular flexibility index (Phi) is 2.12. The molecule has 0 heterocycles. The quantitative estimate of drug-likeness (QED) is 0.626. The molecule has 1 aliphatic rings. The minimum absolute atomic E-state index is 0.000000000000000222. The first-order valence-electron chi connectivity index (χ1n) is 3.26. The average Bonchev–Trinajstić information content (AvgIpc) is 1.88. The van der Waals surface area contributed by atoms with Crippen LogP contribution in [0.5, 0.6) is 0 Å². The van der Waals surface area contributed by atoms with E-state index in [0.717, 1.165) is 0 Å². The van der Waals surface area contributed by atoms with Gasteiger partial charge in [0.1, 0.15) is 0 Å². The van der Waals surface area contributed by atoms with Crippen molar-refractivity contribution in [3.05, 3.63) is 0 Å². The summed E-state index contributed by atoms with van der Waals surface area (Å²) in [5.41, 5.74) is -0.198. The normalized spacial score (nSPS) is 37.4. The van der Waals surface area contributed by atoms with Gasteiger partial charge in [0.2, 0.25) is 0 Å². The van der Waals surface area contributed by atoms with Crippen LogP contribution in [0.2, 0.25) is 0 Å². The van der Waals surface area contributed by atoms with Gasteiger partial charge in [-0.25, -0.2) is 0 Å². The average molecular weight is 226 g/mol. The molecule has 1 fully saturated rings. The van der Waals surface area contributed by atoms with E-state index in [2.05, 4.69) is 15.9 Å². The number of Topliss-reactive ketones (excluding diaryl/α,β-unsaturated/α-hetero) is 1. The van der Waals surface area contributed by atoms with E-state index in [9.17, 15) is 4.79 Å². The Morgan fingerprint density at radius 3 is 2.40 bits per heavy atom. The summed E-state index contributed by atoms with van der Waals surface area (Å²) < 4.78 is 0. The van der Waals surface area contributed by atoms with Gasteiger partial charge in [-0.15, -0.1) is 11.6 Å². The number of hydrogen-bond acceptors (Lipinski definition) is 1. The fourth-order valence-electron chi connectivity index (χ4n) is 1.26. The van der Waals surface area contributed by atoms with Crippen LogP contribution in [0, 0.1) is 11.3 Å². The third-order valence-corrected chi connectivity index (χ3v) is 3.72. The van der Waals surface area contributed by atoms with E-state index >= 15 is 0 Å². The van der Waals surface area contributed by atoms with Gasteiger partial charge >= 0.3 is 0 Å². The number of ketones is 1. The topological polar surface area (TPSA) is 17.1 Å². The molecule has 0 radical (unpaired) electrons. The number of hydrogen-bond donors (Lipinski definition) is 0. The summed E-state index contributed by atoms with van der Waals surface area (Å²) in [6, 6.07) is 0. The second-order valence-corrected chi connectivity index (χ2v) is 4.54. The first-order valence-corrected chi connectivity index (χ1v) is 4.71. The van der Waals surface area contributed by atoms with Gasteiger partial charge in [0.25, 0.3) is 0 Å². The molecule has 0 bridgehead atoms. The summed E-state index contributed by atoms with van der Waals surface area (Å²) in [5, 5.41) is 0. The van der Waals surface area contributed by atoms with Gasteiger partial charge in [-0.2, -0.15) is 0 Å². The fraction of sp³-hybridized carbons (Fsp3) is 0.857. The summed E-state index contributed by atoms with van der Waals surface area (Å²) in [6.07, 6.45) is 0. The SMILES string of the molecule is CC1(C)C(=O)C(Br)C1CCl. The Hall–Kier alpha value is 0.440. The van der Waals surface area contributed by atoms with E-state index in [1.807, 2.05) is 13.8 Å². The maximum atomic E-state index is 11.1. The predicted molar refractivity (Wildman–Crippen MR) is 45.7 cm³/mol. The zero-order valence-corrected chi connectivity index (χ0v) is 8.37. The largest absolute Gasteiger partial charge is 0.298 e. The lowest BCUT2D eigenvalue weighted by Crippen LogP contribution is -2.56. The number of carbonyl (C=O) groups is 1. The Morgan fingerprint density at radius 2 is 2.20 bits per heavy atom. The van der Waals surface area contributed by atoms with Crippen molar-refractivity contribution < 1.29 is 4.79 Å². The second-order valence-electron chi connectivity index (χ2n) is 3.25. The summed E-state index contributed by atoms with van der Waals surface area (Å²) in [5.74, 6) is 1.15. The van der Waals surface area contributed by atoms with Crippen molar-refractivity contribution >= 4 is 33.3 Å². The molecule has 0 amide bonds. The molecule has 0 spiro atoms. The Balaban J connectivity index is 2.71. The summed E-state index contributed by atoms with van der Waals surface area (Å²) >= 11 is 8.96. The summed E-state index contributed by atoms with van der Waals surface area (Å²) in [7, 11) is 0. The molecular formula is C7H10BrClO. The highest BCUT2D eigenvalue weighted by molar-refractivity contribution is 9.10. The smallest absolute Gasteiger partial charge is 0.152 e. The molecule has 0 N–H and O–H groups in total. The van der Waals surface area contributed by atoms with Crippen LogP contribution >= 0.6 is 27.5 Å². The molecule has 0 aliphatic heterocycles. The first kappa shape index (κ1) is 8.54. The van der Waals surface area contributed by atoms with Crippen LogP contribution in [-0.2, 0) is 4.79 Å². The van der Waals surface area contributed by atoms with Crippen LogP contribution in [0.1, 0.15) is 13.8 Å². The van der Waals surface area contributed by atoms with E-state index < -0.39 is 0 Å². The molecule has 2 atom stereocenters. The zero-order valence-electron chi connectivity index (χ0n) is 6.03. The van der Waals surface area contributed by atoms with E-state index in [1.54, 1.807) is 0 Å². The predicted octanol–water partition coefficient (Wildman–Crippen LogP) is 2.21. The highest BCUT2D eigenvalue weighted by Gasteiger charge is 2.53. The molecule has 1 saturated carbocycles. The van der Waals surface area contributed by atoms with Crippen molar-refractivity contribution in [3.63, 3.8) is 0 Å². The molecule has 1 aliphatic carbocycles. The van der Waals surface area contributed by atoms with Gasteiger partial charge in [0.15, 0.2) is 5.78 Å². The van der Waals surface area contributed by atoms with Crippen molar-refractivity contribution in [1.82, 2.24) is 0 Å². The van der Waals surface area contributed by atoms with Gasteiger partial charge in [-0.3, -0.25) is 4.79 Å². The van der Waals surface area contributed by atoms with Crippen LogP contribution in [0.15, 0.2) is 0 Å². The Bertz CT molecular complexity index is 167. The first-order chi connectivity index (χ1) is 4.51. The molecule has 2 unspecified atom stereocenters. The van der Waals surface area contributed by atoms with E-state index in [-0.39, 0.29) is 16.0 Å². The van der Waals surface area contributed by atoms with Crippen molar-refractivity contribution in [2.75, 3.05) is 5.88 Å². The molecule has 0 saturated heterocycles. The lowest BCUT2D eigenvalue weighted by atomic mass is 9.62. The number of alkyl halides is 2. The Morgan fingerprint density at radius 1 is 1.70 bits per heavy atom. The van der Waals surface area contributed by atoms with Crippen LogP contribution in [-0.4, -0.2) is 16.5 Å². The molecule has 3 heteroatoms. The second kappa shape index (κ2) is 2.49. The standard InChI is InChI=1S/C7H10BrClO/c1-7(2)4(3-9)5(8)6(7)10/h4-5H,3H2,1-2H3. The molecule has 58 valence electrons. The molecule has 1 rings (SSSR count). The fourth-order valence-corrected chi connectivity index (χ4v) is 3.48. The zero-order chi connectivity index (χ0) is 7.94. The monoisotopic (exact) mass is 224 g/mol. The third-order valence-electron chi connectivity index (χ3n) is 2.33. The van der Waals surface area contributed by atoms with Crippen molar-refractivity contribution in [1.29, 1.82) is 0 Å². The van der Waals surface area contributed by atoms with E-state index in [0.29, 0.717) is 11.8 Å². The van der Waals surface area contributed by atoms with Crippen LogP contribution < -0.4 is 0 Å². The highest BCUT2D eigenvalue weighted by Crippen LogP contribution is 2.46. The van der Waals surface area contributed by atoms with Crippen molar-refractivity contribution in [2.45, 2.75) is 18.7 Å². The van der Waals surface area contributed by atoms with Gasteiger partial charge in [0, 0.05) is 17.2 Å². The lowest BCUT2D eigenvalue weighted by molar-refractivity contribution is -0.139. The molecule has 1 nitrogen and oxygen atoms in total. The number of carbonyl (C=O) groups excluding carboxylic acids is 1. The lowest BCUT2D eigenvalue weighted by Gasteiger charge is -2.45. The molecule has 10 heavy (non-hydrogen) atoms. The summed E-state index contributed by atoms with van der Waals surface area (Å²) in [6.45, 7) is 3.89. The molecule has 0 aromatic carbocycles. The van der Waals surface area contributed by atoms with Crippen LogP contribution in [0.4, 0.5) is 0 Å². The van der Waals surface area contributed by atoms with Gasteiger partial charge in [-0.05, 0) is 0 Å². The molecular weight excluding hydrogens is 215 g/mol. The highest BCUT2D eigenvalue weighted by atomic mass is 79.9. The third kappa shape index (κ3) is 0.928. The number of rotatable bonds is 1. The van der Waals surface area contributed by atoms with Crippen molar-refractivity contribution in [2.24, 2.45) is 11.3 Å². The van der Waals surface area contributed by atoms with Gasteiger partial charge < -0.3 is 0 Å².